The van der Waals surface area contributed by atoms with Crippen molar-refractivity contribution in [3.63, 3.8) is 0 Å². The fraction of sp³-hybridized carbons (Fsp3) is 0.625. The van der Waals surface area contributed by atoms with Gasteiger partial charge in [-0.25, -0.2) is 4.68 Å². The molecule has 0 atom stereocenters. The molecule has 0 saturated carbocycles. The maximum absolute atomic E-state index is 5.43. The van der Waals surface area contributed by atoms with Crippen molar-refractivity contribution in [1.82, 2.24) is 20.2 Å². The molecular weight excluding hydrogens is 198 g/mol. The van der Waals surface area contributed by atoms with Gasteiger partial charge >= 0.3 is 0 Å². The summed E-state index contributed by atoms with van der Waals surface area (Å²) in [5.74, 6) is 0.959. The van der Waals surface area contributed by atoms with Crippen LogP contribution in [0.25, 0.3) is 0 Å². The van der Waals surface area contributed by atoms with Crippen molar-refractivity contribution in [3.05, 3.63) is 12.2 Å². The minimum atomic E-state index is 0.555. The number of aromatic nitrogens is 4. The minimum Gasteiger partial charge on any atom is -0.329 e. The molecule has 0 saturated heterocycles. The average Bonchev–Trinajstić information content (AvgIpc) is 2.53. The van der Waals surface area contributed by atoms with E-state index >= 15 is 0 Å². The molecule has 0 amide bonds. The molecule has 78 valence electrons. The zero-order valence-corrected chi connectivity index (χ0v) is 9.13. The molecule has 0 aromatic carbocycles. The lowest BCUT2D eigenvalue weighted by molar-refractivity contribution is 0.557. The summed E-state index contributed by atoms with van der Waals surface area (Å²) in [5.41, 5.74) is 6.60. The third-order valence-corrected chi connectivity index (χ3v) is 2.56. The second-order valence-electron chi connectivity index (χ2n) is 3.03. The Morgan fingerprint density at radius 3 is 3.07 bits per heavy atom. The smallest absolute Gasteiger partial charge is 0.209 e. The summed E-state index contributed by atoms with van der Waals surface area (Å²) >= 11 is 1.63. The van der Waals surface area contributed by atoms with E-state index in [-0.39, 0.29) is 0 Å². The Bertz CT molecular complexity index is 296. The van der Waals surface area contributed by atoms with Gasteiger partial charge in [0.05, 0.1) is 6.54 Å². The largest absolute Gasteiger partial charge is 0.329 e. The van der Waals surface area contributed by atoms with Gasteiger partial charge in [-0.1, -0.05) is 17.3 Å². The Hall–Kier alpha value is -0.880. The molecule has 0 unspecified atom stereocenters. The summed E-state index contributed by atoms with van der Waals surface area (Å²) in [6.45, 7) is 7.08. The van der Waals surface area contributed by atoms with Crippen molar-refractivity contribution in [3.8, 4) is 0 Å². The highest BCUT2D eigenvalue weighted by molar-refractivity contribution is 7.99. The predicted octanol–water partition coefficient (Wildman–Crippen LogP) is 0.690. The fourth-order valence-electron chi connectivity index (χ4n) is 0.879. The maximum Gasteiger partial charge on any atom is 0.209 e. The molecule has 0 aliphatic rings. The summed E-state index contributed by atoms with van der Waals surface area (Å²) in [5, 5.41) is 12.2. The van der Waals surface area contributed by atoms with Gasteiger partial charge in [0.25, 0.3) is 0 Å². The van der Waals surface area contributed by atoms with Crippen LogP contribution >= 0.6 is 11.8 Å². The first-order valence-corrected chi connectivity index (χ1v) is 5.46. The molecule has 1 heterocycles. The van der Waals surface area contributed by atoms with Crippen LogP contribution in [0.15, 0.2) is 17.3 Å². The van der Waals surface area contributed by atoms with Crippen molar-refractivity contribution in [2.75, 3.05) is 12.3 Å². The van der Waals surface area contributed by atoms with E-state index in [0.717, 1.165) is 17.3 Å². The first-order valence-electron chi connectivity index (χ1n) is 4.47. The van der Waals surface area contributed by atoms with Gasteiger partial charge in [0.1, 0.15) is 0 Å². The van der Waals surface area contributed by atoms with Gasteiger partial charge in [-0.05, 0) is 23.8 Å². The Labute approximate surface area is 87.7 Å². The van der Waals surface area contributed by atoms with Crippen LogP contribution < -0.4 is 5.73 Å². The molecule has 0 aliphatic heterocycles. The summed E-state index contributed by atoms with van der Waals surface area (Å²) < 4.78 is 1.73. The highest BCUT2D eigenvalue weighted by atomic mass is 32.2. The van der Waals surface area contributed by atoms with Gasteiger partial charge in [0.2, 0.25) is 5.16 Å². The number of tetrazole rings is 1. The number of allylic oxidation sites excluding steroid dienone is 1. The molecule has 0 radical (unpaired) electrons. The Morgan fingerprint density at radius 1 is 1.64 bits per heavy atom. The monoisotopic (exact) mass is 213 g/mol. The van der Waals surface area contributed by atoms with E-state index in [1.165, 1.54) is 5.57 Å². The van der Waals surface area contributed by atoms with E-state index in [0.29, 0.717) is 13.1 Å². The summed E-state index contributed by atoms with van der Waals surface area (Å²) in [6, 6.07) is 0. The fourth-order valence-corrected chi connectivity index (χ4v) is 1.88. The number of nitrogens with two attached hydrogens (primary N) is 1. The highest BCUT2D eigenvalue weighted by Gasteiger charge is 2.04. The third-order valence-electron chi connectivity index (χ3n) is 1.60. The summed E-state index contributed by atoms with van der Waals surface area (Å²) in [4.78, 5) is 0. The molecule has 5 nitrogen and oxygen atoms in total. The second-order valence-corrected chi connectivity index (χ2v) is 4.09. The Kier molecular flexibility index (Phi) is 4.61. The molecular formula is C8H15N5S. The molecule has 1 aromatic heterocycles. The third kappa shape index (κ3) is 3.47. The van der Waals surface area contributed by atoms with Gasteiger partial charge in [-0.2, -0.15) is 0 Å². The van der Waals surface area contributed by atoms with Crippen molar-refractivity contribution in [1.29, 1.82) is 0 Å². The van der Waals surface area contributed by atoms with E-state index in [9.17, 15) is 0 Å². The molecule has 0 bridgehead atoms. The van der Waals surface area contributed by atoms with Crippen LogP contribution in [0.5, 0.6) is 0 Å². The molecule has 6 heteroatoms. The minimum absolute atomic E-state index is 0.555. The van der Waals surface area contributed by atoms with Crippen molar-refractivity contribution in [2.24, 2.45) is 5.73 Å². The zero-order chi connectivity index (χ0) is 10.4. The van der Waals surface area contributed by atoms with E-state index in [4.69, 9.17) is 5.73 Å². The molecule has 0 spiro atoms. The van der Waals surface area contributed by atoms with E-state index in [2.05, 4.69) is 22.1 Å². The number of hydrogen-bond donors (Lipinski definition) is 1. The van der Waals surface area contributed by atoms with Crippen LogP contribution in [0.4, 0.5) is 0 Å². The Morgan fingerprint density at radius 2 is 2.43 bits per heavy atom. The zero-order valence-electron chi connectivity index (χ0n) is 8.31. The molecule has 2 N–H and O–H groups in total. The lowest BCUT2D eigenvalue weighted by atomic mass is 10.3. The SMILES string of the molecule is C=C(C)CCSc1nnnn1CCN. The van der Waals surface area contributed by atoms with E-state index < -0.39 is 0 Å². The van der Waals surface area contributed by atoms with E-state index in [1.807, 2.05) is 6.92 Å². The second kappa shape index (κ2) is 5.77. The Balaban J connectivity index is 2.41. The quantitative estimate of drug-likeness (QED) is 0.556. The van der Waals surface area contributed by atoms with Crippen molar-refractivity contribution < 1.29 is 0 Å². The van der Waals surface area contributed by atoms with Crippen LogP contribution in [0.3, 0.4) is 0 Å². The molecule has 0 fully saturated rings. The highest BCUT2D eigenvalue weighted by Crippen LogP contribution is 2.15. The van der Waals surface area contributed by atoms with Gasteiger partial charge in [-0.15, -0.1) is 11.7 Å². The van der Waals surface area contributed by atoms with Crippen LogP contribution in [-0.4, -0.2) is 32.5 Å². The van der Waals surface area contributed by atoms with Crippen LogP contribution in [0.2, 0.25) is 0 Å². The average molecular weight is 213 g/mol. The first-order chi connectivity index (χ1) is 6.74. The lowest BCUT2D eigenvalue weighted by Crippen LogP contribution is -2.12. The van der Waals surface area contributed by atoms with Gasteiger partial charge < -0.3 is 5.73 Å². The number of rotatable bonds is 6. The van der Waals surface area contributed by atoms with Crippen LogP contribution in [0.1, 0.15) is 13.3 Å². The summed E-state index contributed by atoms with van der Waals surface area (Å²) in [7, 11) is 0. The van der Waals surface area contributed by atoms with E-state index in [1.54, 1.807) is 16.4 Å². The molecule has 1 rings (SSSR count). The normalized spacial score (nSPS) is 10.4. The van der Waals surface area contributed by atoms with Crippen molar-refractivity contribution in [2.45, 2.75) is 25.0 Å². The topological polar surface area (TPSA) is 69.6 Å². The molecule has 1 aromatic rings. The first kappa shape index (κ1) is 11.2. The van der Waals surface area contributed by atoms with Gasteiger partial charge in [0.15, 0.2) is 0 Å². The summed E-state index contributed by atoms with van der Waals surface area (Å²) in [6.07, 6.45) is 0.986. The number of thioether (sulfide) groups is 1. The standard InChI is InChI=1S/C8H15N5S/c1-7(2)3-6-14-8-10-11-12-13(8)5-4-9/h1,3-6,9H2,2H3. The molecule has 14 heavy (non-hydrogen) atoms. The lowest BCUT2D eigenvalue weighted by Gasteiger charge is -2.01. The number of nitrogens with zero attached hydrogens (tertiary/aromatic N) is 4. The van der Waals surface area contributed by atoms with Crippen LogP contribution in [-0.2, 0) is 6.54 Å². The van der Waals surface area contributed by atoms with Crippen LogP contribution in [0, 0.1) is 0 Å². The number of hydrogen-bond acceptors (Lipinski definition) is 5. The van der Waals surface area contributed by atoms with Gasteiger partial charge in [-0.3, -0.25) is 0 Å². The van der Waals surface area contributed by atoms with Gasteiger partial charge in [0, 0.05) is 12.3 Å². The van der Waals surface area contributed by atoms with Crippen molar-refractivity contribution >= 4 is 11.8 Å². The maximum atomic E-state index is 5.43. The predicted molar refractivity (Wildman–Crippen MR) is 57.0 cm³/mol. The molecule has 0 aliphatic carbocycles.